The largest absolute Gasteiger partial charge is 0.467 e. The summed E-state index contributed by atoms with van der Waals surface area (Å²) in [5.74, 6) is -0.324. The topological polar surface area (TPSA) is 70.8 Å². The van der Waals surface area contributed by atoms with E-state index in [2.05, 4.69) is 24.3 Å². The van der Waals surface area contributed by atoms with Crippen LogP contribution in [0.1, 0.15) is 55.6 Å². The maximum absolute atomic E-state index is 14.1. The Morgan fingerprint density at radius 2 is 1.53 bits per heavy atom. The number of fused-ring (bicyclic) bond motifs is 2. The van der Waals surface area contributed by atoms with Crippen LogP contribution in [-0.2, 0) is 24.2 Å². The smallest absolute Gasteiger partial charge is 0.262 e. The molecule has 38 heavy (non-hydrogen) atoms. The van der Waals surface area contributed by atoms with Crippen molar-refractivity contribution in [2.24, 2.45) is 5.92 Å². The second kappa shape index (κ2) is 10.1. The summed E-state index contributed by atoms with van der Waals surface area (Å²) in [6, 6.07) is 28.7. The van der Waals surface area contributed by atoms with E-state index in [1.54, 1.807) is 36.6 Å². The van der Waals surface area contributed by atoms with Gasteiger partial charge in [0.1, 0.15) is 12.3 Å². The van der Waals surface area contributed by atoms with Gasteiger partial charge in [-0.2, -0.15) is 0 Å². The van der Waals surface area contributed by atoms with Crippen LogP contribution in [0, 0.1) is 5.92 Å². The molecule has 0 bridgehead atoms. The predicted molar refractivity (Wildman–Crippen MR) is 142 cm³/mol. The Morgan fingerprint density at radius 3 is 2.24 bits per heavy atom. The molecule has 6 nitrogen and oxygen atoms in total. The molecule has 3 amide bonds. The molecule has 2 heterocycles. The molecule has 2 aliphatic rings. The lowest BCUT2D eigenvalue weighted by Crippen LogP contribution is -2.46. The lowest BCUT2D eigenvalue weighted by atomic mass is 9.76. The molecule has 0 spiro atoms. The van der Waals surface area contributed by atoms with Crippen LogP contribution in [0.4, 0.5) is 0 Å². The number of nitrogens with zero attached hydrogens (tertiary/aromatic N) is 2. The van der Waals surface area contributed by atoms with Crippen LogP contribution in [0.5, 0.6) is 0 Å². The SMILES string of the molecule is O=C1c2ccccc2C(=O)N1CC(=O)N(Cc1ccco1)[C@@H]1c2ccccc2CC[C@H]1Cc1ccccc1. The molecule has 0 N–H and O–H groups in total. The molecule has 1 aromatic heterocycles. The van der Waals surface area contributed by atoms with Gasteiger partial charge in [0.05, 0.1) is 30.0 Å². The van der Waals surface area contributed by atoms with Crippen LogP contribution in [0.2, 0.25) is 0 Å². The van der Waals surface area contributed by atoms with E-state index in [4.69, 9.17) is 4.42 Å². The summed E-state index contributed by atoms with van der Waals surface area (Å²) in [6.45, 7) is -0.0664. The van der Waals surface area contributed by atoms with Crippen molar-refractivity contribution in [3.05, 3.63) is 131 Å². The second-order valence-corrected chi connectivity index (χ2v) is 9.98. The molecular formula is C32H28N2O4. The van der Waals surface area contributed by atoms with Gasteiger partial charge in [0, 0.05) is 0 Å². The molecule has 6 rings (SSSR count). The van der Waals surface area contributed by atoms with E-state index in [9.17, 15) is 14.4 Å². The van der Waals surface area contributed by atoms with Crippen molar-refractivity contribution in [1.29, 1.82) is 0 Å². The van der Waals surface area contributed by atoms with Crippen LogP contribution >= 0.6 is 0 Å². The van der Waals surface area contributed by atoms with Gasteiger partial charge < -0.3 is 9.32 Å². The van der Waals surface area contributed by atoms with E-state index in [-0.39, 0.29) is 31.0 Å². The van der Waals surface area contributed by atoms with Gasteiger partial charge in [0.25, 0.3) is 11.8 Å². The number of imide groups is 1. The minimum absolute atomic E-state index is 0.161. The summed E-state index contributed by atoms with van der Waals surface area (Å²) in [5, 5.41) is 0. The number of aryl methyl sites for hydroxylation is 1. The maximum Gasteiger partial charge on any atom is 0.262 e. The number of rotatable bonds is 7. The first kappa shape index (κ1) is 23.9. The Balaban J connectivity index is 1.37. The molecule has 190 valence electrons. The third-order valence-electron chi connectivity index (χ3n) is 7.68. The fourth-order valence-electron chi connectivity index (χ4n) is 5.88. The number of carbonyl (C=O) groups is 3. The van der Waals surface area contributed by atoms with Crippen molar-refractivity contribution in [2.75, 3.05) is 6.54 Å². The van der Waals surface area contributed by atoms with Crippen molar-refractivity contribution >= 4 is 17.7 Å². The van der Waals surface area contributed by atoms with E-state index < -0.39 is 11.8 Å². The average molecular weight is 505 g/mol. The van der Waals surface area contributed by atoms with Crippen LogP contribution in [0.15, 0.2) is 102 Å². The number of furan rings is 1. The number of hydrogen-bond donors (Lipinski definition) is 0. The van der Waals surface area contributed by atoms with Gasteiger partial charge in [-0.15, -0.1) is 0 Å². The summed E-state index contributed by atoms with van der Waals surface area (Å²) >= 11 is 0. The normalized spacial score (nSPS) is 18.3. The first-order chi connectivity index (χ1) is 18.6. The van der Waals surface area contributed by atoms with Gasteiger partial charge in [0.15, 0.2) is 0 Å². The third-order valence-corrected chi connectivity index (χ3v) is 7.68. The molecule has 0 saturated carbocycles. The van der Waals surface area contributed by atoms with E-state index in [0.29, 0.717) is 16.9 Å². The van der Waals surface area contributed by atoms with E-state index in [0.717, 1.165) is 29.7 Å². The van der Waals surface area contributed by atoms with Gasteiger partial charge >= 0.3 is 0 Å². The first-order valence-corrected chi connectivity index (χ1v) is 13.0. The molecule has 1 aliphatic heterocycles. The highest BCUT2D eigenvalue weighted by molar-refractivity contribution is 6.22. The van der Waals surface area contributed by atoms with Gasteiger partial charge in [-0.05, 0) is 66.1 Å². The van der Waals surface area contributed by atoms with Gasteiger partial charge in [-0.25, -0.2) is 0 Å². The fraction of sp³-hybridized carbons (Fsp3) is 0.219. The monoisotopic (exact) mass is 504 g/mol. The van der Waals surface area contributed by atoms with Crippen molar-refractivity contribution in [1.82, 2.24) is 9.80 Å². The molecule has 6 heteroatoms. The summed E-state index contributed by atoms with van der Waals surface area (Å²) < 4.78 is 5.67. The molecule has 1 aliphatic carbocycles. The standard InChI is InChI=1S/C32H28N2O4/c35-29(21-34-31(36)27-14-6-7-15-28(27)32(34)37)33(20-25-12-8-18-38-25)30-24(19-22-9-2-1-3-10-22)17-16-23-11-4-5-13-26(23)30/h1-15,18,24,30H,16-17,19-21H2/t24-,30-/m0/s1. The molecular weight excluding hydrogens is 476 g/mol. The van der Waals surface area contributed by atoms with E-state index in [1.165, 1.54) is 11.1 Å². The number of amides is 3. The highest BCUT2D eigenvalue weighted by Gasteiger charge is 2.41. The Hall–Kier alpha value is -4.45. The molecule has 0 unspecified atom stereocenters. The Labute approximate surface area is 221 Å². The summed E-state index contributed by atoms with van der Waals surface area (Å²) in [5.41, 5.74) is 4.23. The van der Waals surface area contributed by atoms with Crippen LogP contribution in [-0.4, -0.2) is 34.1 Å². The van der Waals surface area contributed by atoms with Crippen molar-refractivity contribution in [2.45, 2.75) is 31.8 Å². The third kappa shape index (κ3) is 4.43. The fourth-order valence-corrected chi connectivity index (χ4v) is 5.88. The van der Waals surface area contributed by atoms with E-state index >= 15 is 0 Å². The summed E-state index contributed by atoms with van der Waals surface area (Å²) in [6.07, 6.45) is 4.27. The van der Waals surface area contributed by atoms with E-state index in [1.807, 2.05) is 41.3 Å². The van der Waals surface area contributed by atoms with Crippen molar-refractivity contribution in [3.63, 3.8) is 0 Å². The lowest BCUT2D eigenvalue weighted by Gasteiger charge is -2.41. The zero-order valence-corrected chi connectivity index (χ0v) is 21.0. The average Bonchev–Trinajstić information content (AvgIpc) is 3.55. The molecule has 0 radical (unpaired) electrons. The summed E-state index contributed by atoms with van der Waals surface area (Å²) in [7, 11) is 0. The molecule has 0 fully saturated rings. The highest BCUT2D eigenvalue weighted by Crippen LogP contribution is 2.41. The molecule has 4 aromatic rings. The van der Waals surface area contributed by atoms with Crippen LogP contribution in [0.25, 0.3) is 0 Å². The molecule has 0 saturated heterocycles. The van der Waals surface area contributed by atoms with Crippen LogP contribution in [0.3, 0.4) is 0 Å². The van der Waals surface area contributed by atoms with Gasteiger partial charge in [-0.3, -0.25) is 19.3 Å². The minimum atomic E-state index is -0.429. The Bertz CT molecular complexity index is 1440. The number of benzene rings is 3. The van der Waals surface area contributed by atoms with Gasteiger partial charge in [0.2, 0.25) is 5.91 Å². The maximum atomic E-state index is 14.1. The molecule has 3 aromatic carbocycles. The zero-order valence-electron chi connectivity index (χ0n) is 21.0. The second-order valence-electron chi connectivity index (χ2n) is 9.98. The van der Waals surface area contributed by atoms with Crippen molar-refractivity contribution < 1.29 is 18.8 Å². The minimum Gasteiger partial charge on any atom is -0.467 e. The predicted octanol–water partition coefficient (Wildman–Crippen LogP) is 5.45. The number of hydrogen-bond acceptors (Lipinski definition) is 4. The zero-order chi connectivity index (χ0) is 26.1. The van der Waals surface area contributed by atoms with Gasteiger partial charge in [-0.1, -0.05) is 66.7 Å². The Kier molecular flexibility index (Phi) is 6.38. The lowest BCUT2D eigenvalue weighted by molar-refractivity contribution is -0.136. The van der Waals surface area contributed by atoms with Crippen molar-refractivity contribution in [3.8, 4) is 0 Å². The molecule has 2 atom stereocenters. The number of carbonyl (C=O) groups excluding carboxylic acids is 3. The Morgan fingerprint density at radius 1 is 0.842 bits per heavy atom. The quantitative estimate of drug-likeness (QED) is 0.314. The highest BCUT2D eigenvalue weighted by atomic mass is 16.3. The first-order valence-electron chi connectivity index (χ1n) is 13.0. The summed E-state index contributed by atoms with van der Waals surface area (Å²) in [4.78, 5) is 43.2. The van der Waals surface area contributed by atoms with Crippen LogP contribution < -0.4 is 0 Å².